The van der Waals surface area contributed by atoms with Crippen LogP contribution in [0.1, 0.15) is 11.4 Å². The van der Waals surface area contributed by atoms with Crippen LogP contribution in [0, 0.1) is 6.92 Å². The highest BCUT2D eigenvalue weighted by Gasteiger charge is 2.12. The largest absolute Gasteiger partial charge is 0.423 e. The van der Waals surface area contributed by atoms with E-state index in [2.05, 4.69) is 31.1 Å². The Bertz CT molecular complexity index is 725. The fraction of sp³-hybridized carbons (Fsp3) is 0.0833. The summed E-state index contributed by atoms with van der Waals surface area (Å²) in [7, 11) is 0. The summed E-state index contributed by atoms with van der Waals surface area (Å²) in [5.74, 6) is 0.145. The molecule has 2 rings (SSSR count). The molecule has 0 aliphatic rings. The summed E-state index contributed by atoms with van der Waals surface area (Å²) in [4.78, 5) is 8.13. The van der Waals surface area contributed by atoms with Gasteiger partial charge in [-0.3, -0.25) is 0 Å². The first-order valence-corrected chi connectivity index (χ1v) is 7.11. The van der Waals surface area contributed by atoms with Crippen LogP contribution >= 0.6 is 39.1 Å². The van der Waals surface area contributed by atoms with E-state index in [0.29, 0.717) is 26.0 Å². The molecule has 0 fully saturated rings. The van der Waals surface area contributed by atoms with Crippen LogP contribution in [0.4, 0.5) is 0 Å². The van der Waals surface area contributed by atoms with Crippen molar-refractivity contribution < 1.29 is 9.94 Å². The Kier molecular flexibility index (Phi) is 4.87. The average Bonchev–Trinajstić information content (AvgIpc) is 2.43. The highest BCUT2D eigenvalue weighted by Crippen LogP contribution is 2.35. The predicted molar refractivity (Wildman–Crippen MR) is 83.5 cm³/mol. The summed E-state index contributed by atoms with van der Waals surface area (Å²) in [5.41, 5.74) is 6.32. The van der Waals surface area contributed by atoms with Crippen molar-refractivity contribution in [3.63, 3.8) is 0 Å². The van der Waals surface area contributed by atoms with Crippen molar-refractivity contribution in [2.24, 2.45) is 10.9 Å². The van der Waals surface area contributed by atoms with E-state index in [1.165, 1.54) is 6.07 Å². The van der Waals surface area contributed by atoms with Gasteiger partial charge in [-0.15, -0.1) is 0 Å². The van der Waals surface area contributed by atoms with Crippen molar-refractivity contribution in [3.8, 4) is 11.8 Å². The molecule has 0 radical (unpaired) electrons. The molecular formula is C12H9BrCl2N4O2. The minimum Gasteiger partial charge on any atom is -0.423 e. The molecule has 0 spiro atoms. The first-order valence-electron chi connectivity index (χ1n) is 5.56. The summed E-state index contributed by atoms with van der Waals surface area (Å²) in [6.07, 6.45) is 0. The molecule has 1 aromatic carbocycles. The van der Waals surface area contributed by atoms with Crippen LogP contribution in [0.15, 0.2) is 27.8 Å². The lowest BCUT2D eigenvalue weighted by Crippen LogP contribution is -2.16. The quantitative estimate of drug-likeness (QED) is 0.273. The molecule has 1 heterocycles. The zero-order valence-electron chi connectivity index (χ0n) is 10.6. The number of hydrogen-bond acceptors (Lipinski definition) is 5. The molecule has 2 aromatic rings. The normalized spacial score (nSPS) is 11.5. The fourth-order valence-corrected chi connectivity index (χ4v) is 2.28. The van der Waals surface area contributed by atoms with Crippen LogP contribution in [0.2, 0.25) is 10.0 Å². The first kappa shape index (κ1) is 15.8. The van der Waals surface area contributed by atoms with Gasteiger partial charge in [0.1, 0.15) is 5.69 Å². The monoisotopic (exact) mass is 390 g/mol. The van der Waals surface area contributed by atoms with Gasteiger partial charge in [-0.25, -0.2) is 4.98 Å². The van der Waals surface area contributed by atoms with Crippen molar-refractivity contribution >= 4 is 45.0 Å². The van der Waals surface area contributed by atoms with Gasteiger partial charge in [-0.05, 0) is 35.0 Å². The van der Waals surface area contributed by atoms with Gasteiger partial charge in [-0.2, -0.15) is 4.98 Å². The van der Waals surface area contributed by atoms with E-state index >= 15 is 0 Å². The molecule has 1 aromatic heterocycles. The molecule has 0 bridgehead atoms. The molecule has 21 heavy (non-hydrogen) atoms. The number of benzene rings is 1. The highest BCUT2D eigenvalue weighted by molar-refractivity contribution is 9.10. The molecule has 0 saturated carbocycles. The van der Waals surface area contributed by atoms with Gasteiger partial charge in [-0.1, -0.05) is 28.4 Å². The van der Waals surface area contributed by atoms with Gasteiger partial charge >= 0.3 is 6.01 Å². The summed E-state index contributed by atoms with van der Waals surface area (Å²) >= 11 is 15.3. The molecule has 3 N–H and O–H groups in total. The van der Waals surface area contributed by atoms with E-state index in [-0.39, 0.29) is 17.5 Å². The first-order chi connectivity index (χ1) is 9.90. The van der Waals surface area contributed by atoms with Crippen molar-refractivity contribution in [1.82, 2.24) is 9.97 Å². The Morgan fingerprint density at radius 2 is 2.00 bits per heavy atom. The average molecular weight is 392 g/mol. The van der Waals surface area contributed by atoms with E-state index in [1.807, 2.05) is 0 Å². The van der Waals surface area contributed by atoms with Crippen LogP contribution in [0.25, 0.3) is 0 Å². The number of oxime groups is 1. The fourth-order valence-electron chi connectivity index (χ4n) is 1.45. The van der Waals surface area contributed by atoms with Gasteiger partial charge < -0.3 is 15.7 Å². The molecule has 0 aliphatic heterocycles. The van der Waals surface area contributed by atoms with E-state index < -0.39 is 0 Å². The topological polar surface area (TPSA) is 93.6 Å². The van der Waals surface area contributed by atoms with Gasteiger partial charge in [0.05, 0.1) is 10.0 Å². The third-order valence-corrected chi connectivity index (χ3v) is 3.87. The van der Waals surface area contributed by atoms with E-state index in [9.17, 15) is 0 Å². The molecular weight excluding hydrogens is 383 g/mol. The number of halogens is 3. The number of aryl methyl sites for hydroxylation is 1. The number of hydrogen-bond donors (Lipinski definition) is 2. The second-order valence-corrected chi connectivity index (χ2v) is 5.63. The van der Waals surface area contributed by atoms with Crippen molar-refractivity contribution in [2.45, 2.75) is 6.92 Å². The predicted octanol–water partition coefficient (Wildman–Crippen LogP) is 3.74. The van der Waals surface area contributed by atoms with Crippen LogP contribution in [0.5, 0.6) is 11.8 Å². The molecule has 9 heteroatoms. The van der Waals surface area contributed by atoms with Crippen LogP contribution in [0.3, 0.4) is 0 Å². The minimum atomic E-state index is -0.148. The lowest BCUT2D eigenvalue weighted by atomic mass is 10.3. The summed E-state index contributed by atoms with van der Waals surface area (Å²) in [5, 5.41) is 12.3. The molecule has 0 aliphatic carbocycles. The number of ether oxygens (including phenoxy) is 1. The summed E-state index contributed by atoms with van der Waals surface area (Å²) < 4.78 is 6.15. The molecule has 0 saturated heterocycles. The Morgan fingerprint density at radius 1 is 1.29 bits per heavy atom. The lowest BCUT2D eigenvalue weighted by molar-refractivity contribution is 0.318. The third kappa shape index (κ3) is 3.75. The van der Waals surface area contributed by atoms with E-state index in [1.54, 1.807) is 19.1 Å². The number of nitrogens with zero attached hydrogens (tertiary/aromatic N) is 3. The van der Waals surface area contributed by atoms with E-state index in [0.717, 1.165) is 0 Å². The van der Waals surface area contributed by atoms with Gasteiger partial charge in [0.2, 0.25) is 0 Å². The van der Waals surface area contributed by atoms with Crippen LogP contribution < -0.4 is 10.5 Å². The van der Waals surface area contributed by atoms with Crippen LogP contribution in [-0.2, 0) is 0 Å². The Hall–Kier alpha value is -1.57. The second-order valence-electron chi connectivity index (χ2n) is 3.96. The number of aromatic nitrogens is 2. The highest BCUT2D eigenvalue weighted by atomic mass is 79.9. The number of rotatable bonds is 3. The molecule has 0 amide bonds. The zero-order chi connectivity index (χ0) is 15.6. The maximum absolute atomic E-state index is 8.69. The molecule has 6 nitrogen and oxygen atoms in total. The standard InChI is InChI=1S/C12H9BrCl2N4O2/c1-5-2-9(11(16)19-20)18-12(17-5)21-10-4-7(14)6(13)3-8(10)15/h2-4,20H,1H3,(H2,16,19). The Balaban J connectivity index is 2.40. The Morgan fingerprint density at radius 3 is 2.67 bits per heavy atom. The molecule has 0 unspecified atom stereocenters. The number of nitrogens with two attached hydrogens (primary N) is 1. The maximum atomic E-state index is 8.69. The van der Waals surface area contributed by atoms with Gasteiger partial charge in [0.15, 0.2) is 11.6 Å². The van der Waals surface area contributed by atoms with Gasteiger partial charge in [0, 0.05) is 16.2 Å². The number of amidine groups is 1. The van der Waals surface area contributed by atoms with Gasteiger partial charge in [0.25, 0.3) is 0 Å². The van der Waals surface area contributed by atoms with Crippen LogP contribution in [-0.4, -0.2) is 21.0 Å². The van der Waals surface area contributed by atoms with Crippen molar-refractivity contribution in [1.29, 1.82) is 0 Å². The minimum absolute atomic E-state index is 0.0110. The summed E-state index contributed by atoms with van der Waals surface area (Å²) in [6, 6.07) is 4.69. The van der Waals surface area contributed by atoms with Crippen molar-refractivity contribution in [3.05, 3.63) is 44.1 Å². The lowest BCUT2D eigenvalue weighted by Gasteiger charge is -2.09. The van der Waals surface area contributed by atoms with E-state index in [4.69, 9.17) is 38.9 Å². The smallest absolute Gasteiger partial charge is 0.322 e. The van der Waals surface area contributed by atoms with Crippen molar-refractivity contribution in [2.75, 3.05) is 0 Å². The Labute approximate surface area is 138 Å². The molecule has 110 valence electrons. The third-order valence-electron chi connectivity index (χ3n) is 2.38. The summed E-state index contributed by atoms with van der Waals surface area (Å²) in [6.45, 7) is 1.72. The zero-order valence-corrected chi connectivity index (χ0v) is 13.7. The maximum Gasteiger partial charge on any atom is 0.322 e. The second kappa shape index (κ2) is 6.46. The SMILES string of the molecule is Cc1cc(/C(N)=N/O)nc(Oc2cc(Cl)c(Br)cc2Cl)n1. The molecule has 0 atom stereocenters.